The molecule has 0 saturated heterocycles. The summed E-state index contributed by atoms with van der Waals surface area (Å²) in [5, 5.41) is 2.75. The van der Waals surface area contributed by atoms with Crippen LogP contribution in [-0.4, -0.2) is 27.0 Å². The van der Waals surface area contributed by atoms with E-state index in [4.69, 9.17) is 0 Å². The summed E-state index contributed by atoms with van der Waals surface area (Å²) >= 11 is 0. The lowest BCUT2D eigenvalue weighted by atomic mass is 10.3. The Bertz CT molecular complexity index is 303. The predicted molar refractivity (Wildman–Crippen MR) is 79.6 cm³/mol. The maximum Gasteiger partial charge on any atom is 0.0629 e. The van der Waals surface area contributed by atoms with Crippen molar-refractivity contribution in [3.63, 3.8) is 0 Å². The van der Waals surface area contributed by atoms with Crippen molar-refractivity contribution in [2.24, 2.45) is 9.98 Å². The Hall–Kier alpha value is -1.74. The largest absolute Gasteiger partial charge is 0.323 e. The predicted octanol–water partition coefficient (Wildman–Crippen LogP) is 3.47. The highest BCUT2D eigenvalue weighted by atomic mass is 14.7. The summed E-state index contributed by atoms with van der Waals surface area (Å²) in [5.74, 6) is 0. The van der Waals surface area contributed by atoms with Gasteiger partial charge in [0.15, 0.2) is 0 Å². The number of allylic oxidation sites excluding steroid dienone is 1. The third kappa shape index (κ3) is 14.3. The summed E-state index contributed by atoms with van der Waals surface area (Å²) in [4.78, 5) is 7.69. The Morgan fingerprint density at radius 1 is 1.12 bits per heavy atom. The van der Waals surface area contributed by atoms with Crippen LogP contribution in [0.2, 0.25) is 0 Å². The van der Waals surface area contributed by atoms with Crippen molar-refractivity contribution >= 4 is 18.6 Å². The molecule has 3 heteroatoms. The van der Waals surface area contributed by atoms with Crippen LogP contribution in [0.4, 0.5) is 5.69 Å². The van der Waals surface area contributed by atoms with Gasteiger partial charge < -0.3 is 5.32 Å². The van der Waals surface area contributed by atoms with Gasteiger partial charge in [-0.15, -0.1) is 0 Å². The van der Waals surface area contributed by atoms with Crippen LogP contribution >= 0.6 is 0 Å². The van der Waals surface area contributed by atoms with E-state index in [1.165, 1.54) is 0 Å². The van der Waals surface area contributed by atoms with Gasteiger partial charge in [0, 0.05) is 12.4 Å². The summed E-state index contributed by atoms with van der Waals surface area (Å²) in [6, 6.07) is 9.72. The van der Waals surface area contributed by atoms with E-state index in [0.717, 1.165) is 5.69 Å². The maximum atomic E-state index is 4.14. The maximum absolute atomic E-state index is 4.14. The van der Waals surface area contributed by atoms with Crippen LogP contribution < -0.4 is 5.32 Å². The van der Waals surface area contributed by atoms with Gasteiger partial charge in [0.25, 0.3) is 0 Å². The van der Waals surface area contributed by atoms with E-state index in [-0.39, 0.29) is 0 Å². The van der Waals surface area contributed by atoms with Gasteiger partial charge in [0.2, 0.25) is 0 Å². The quantitative estimate of drug-likeness (QED) is 0.797. The molecule has 0 aromatic heterocycles. The van der Waals surface area contributed by atoms with Crippen molar-refractivity contribution in [2.75, 3.05) is 14.1 Å². The first-order valence-electron chi connectivity index (χ1n) is 5.63. The van der Waals surface area contributed by atoms with E-state index in [9.17, 15) is 0 Å². The molecule has 0 heterocycles. The van der Waals surface area contributed by atoms with Crippen LogP contribution in [0.3, 0.4) is 0 Å². The number of hydrogen-bond acceptors (Lipinski definition) is 3. The molecule has 0 radical (unpaired) electrons. The highest BCUT2D eigenvalue weighted by Crippen LogP contribution is 2.07. The second-order valence-corrected chi connectivity index (χ2v) is 2.64. The molecule has 0 aliphatic rings. The van der Waals surface area contributed by atoms with Crippen molar-refractivity contribution in [3.05, 3.63) is 42.6 Å². The number of hydrogen-bond donors (Lipinski definition) is 1. The average Bonchev–Trinajstić information content (AvgIpc) is 2.39. The smallest absolute Gasteiger partial charge is 0.0629 e. The minimum atomic E-state index is 0.936. The highest BCUT2D eigenvalue weighted by Gasteiger charge is 1.79. The molecule has 0 atom stereocenters. The van der Waals surface area contributed by atoms with E-state index in [0.29, 0.717) is 0 Å². The first-order valence-corrected chi connectivity index (χ1v) is 5.63. The first kappa shape index (κ1) is 17.6. The fourth-order valence-corrected chi connectivity index (χ4v) is 0.743. The molecule has 0 spiro atoms. The molecule has 1 N–H and O–H groups in total. The van der Waals surface area contributed by atoms with E-state index >= 15 is 0 Å². The molecule has 0 unspecified atom stereocenters. The summed E-state index contributed by atoms with van der Waals surface area (Å²) in [5.41, 5.74) is 0.936. The fourth-order valence-electron chi connectivity index (χ4n) is 0.743. The Kier molecular flexibility index (Phi) is 17.3. The Balaban J connectivity index is 0. The lowest BCUT2D eigenvalue weighted by molar-refractivity contribution is 1.02. The van der Waals surface area contributed by atoms with Gasteiger partial charge in [0.05, 0.1) is 5.69 Å². The average molecular weight is 233 g/mol. The Morgan fingerprint density at radius 3 is 2.12 bits per heavy atom. The van der Waals surface area contributed by atoms with Gasteiger partial charge in [-0.2, -0.15) is 0 Å². The third-order valence-electron chi connectivity index (χ3n) is 1.26. The Morgan fingerprint density at radius 2 is 1.65 bits per heavy atom. The third-order valence-corrected chi connectivity index (χ3v) is 1.26. The normalized spacial score (nSPS) is 9.18. The van der Waals surface area contributed by atoms with Crippen molar-refractivity contribution in [1.29, 1.82) is 0 Å². The van der Waals surface area contributed by atoms with Crippen LogP contribution in [0.5, 0.6) is 0 Å². The summed E-state index contributed by atoms with van der Waals surface area (Å²) in [6.45, 7) is 7.31. The molecule has 0 saturated carbocycles. The molecule has 1 rings (SSSR count). The number of nitrogens with zero attached hydrogens (tertiary/aromatic N) is 2. The summed E-state index contributed by atoms with van der Waals surface area (Å²) in [6.07, 6.45) is 5.01. The zero-order valence-corrected chi connectivity index (χ0v) is 11.2. The van der Waals surface area contributed by atoms with Crippen molar-refractivity contribution in [1.82, 2.24) is 5.32 Å². The number of benzene rings is 1. The second kappa shape index (κ2) is 16.7. The fraction of sp³-hybridized carbons (Fsp3) is 0.286. The van der Waals surface area contributed by atoms with E-state index < -0.39 is 0 Å². The van der Waals surface area contributed by atoms with Crippen LogP contribution in [0.1, 0.15) is 13.8 Å². The zero-order chi connectivity index (χ0) is 13.4. The molecule has 0 aliphatic carbocycles. The lowest BCUT2D eigenvalue weighted by Crippen LogP contribution is -1.89. The molecule has 0 amide bonds. The lowest BCUT2D eigenvalue weighted by Gasteiger charge is -1.87. The molecule has 94 valence electrons. The first-order chi connectivity index (χ1) is 8.35. The van der Waals surface area contributed by atoms with E-state index in [1.807, 2.05) is 58.3 Å². The molecule has 0 aliphatic heterocycles. The SMILES string of the molecule is C=N/C=C\C=Nc1ccccc1.CC.CNC. The molecular weight excluding hydrogens is 210 g/mol. The molecule has 3 nitrogen and oxygen atoms in total. The van der Waals surface area contributed by atoms with Gasteiger partial charge in [-0.25, -0.2) is 0 Å². The van der Waals surface area contributed by atoms with Crippen molar-refractivity contribution < 1.29 is 0 Å². The van der Waals surface area contributed by atoms with Crippen molar-refractivity contribution in [3.8, 4) is 0 Å². The van der Waals surface area contributed by atoms with Crippen molar-refractivity contribution in [2.45, 2.75) is 13.8 Å². The van der Waals surface area contributed by atoms with Gasteiger partial charge in [0.1, 0.15) is 0 Å². The number of aliphatic imine (C=N–C) groups is 2. The Labute approximate surface area is 105 Å². The van der Waals surface area contributed by atoms with E-state index in [1.54, 1.807) is 18.5 Å². The number of para-hydroxylation sites is 1. The van der Waals surface area contributed by atoms with Crippen LogP contribution in [-0.2, 0) is 0 Å². The molecular formula is C14H23N3. The molecule has 1 aromatic rings. The van der Waals surface area contributed by atoms with Crippen LogP contribution in [0, 0.1) is 0 Å². The van der Waals surface area contributed by atoms with Gasteiger partial charge in [-0.05, 0) is 39.0 Å². The highest BCUT2D eigenvalue weighted by molar-refractivity contribution is 5.74. The molecule has 1 aromatic carbocycles. The monoisotopic (exact) mass is 233 g/mol. The van der Waals surface area contributed by atoms with Crippen LogP contribution in [0.15, 0.2) is 52.6 Å². The summed E-state index contributed by atoms with van der Waals surface area (Å²) in [7, 11) is 3.75. The minimum absolute atomic E-state index is 0.936. The zero-order valence-electron chi connectivity index (χ0n) is 11.2. The van der Waals surface area contributed by atoms with Gasteiger partial charge >= 0.3 is 0 Å². The number of rotatable bonds is 3. The second-order valence-electron chi connectivity index (χ2n) is 2.64. The minimum Gasteiger partial charge on any atom is -0.323 e. The summed E-state index contributed by atoms with van der Waals surface area (Å²) < 4.78 is 0. The van der Waals surface area contributed by atoms with Crippen LogP contribution in [0.25, 0.3) is 0 Å². The molecule has 0 fully saturated rings. The van der Waals surface area contributed by atoms with Gasteiger partial charge in [-0.1, -0.05) is 32.0 Å². The number of nitrogens with one attached hydrogen (secondary N) is 1. The standard InChI is InChI=1S/C10H10N2.C2H7N.C2H6/c1-11-8-5-9-12-10-6-3-2-4-7-10;1-3-2;1-2/h2-9H,1H2;3H,1-2H3;1-2H3/b8-5-,12-9?;;. The van der Waals surface area contributed by atoms with Gasteiger partial charge in [-0.3, -0.25) is 9.98 Å². The molecule has 0 bridgehead atoms. The molecule has 17 heavy (non-hydrogen) atoms. The van der Waals surface area contributed by atoms with E-state index in [2.05, 4.69) is 22.0 Å². The topological polar surface area (TPSA) is 36.8 Å².